The molecule has 18 heavy (non-hydrogen) atoms. The van der Waals surface area contributed by atoms with Crippen LogP contribution >= 0.6 is 0 Å². The number of carboxylic acid groups (broad SMARTS) is 1. The van der Waals surface area contributed by atoms with E-state index in [1.165, 1.54) is 6.20 Å². The molecule has 0 bridgehead atoms. The number of halogens is 3. The average molecular weight is 258 g/mol. The van der Waals surface area contributed by atoms with Crippen LogP contribution in [-0.4, -0.2) is 30.8 Å². The molecule has 2 heterocycles. The minimum absolute atomic E-state index is 0.0814. The zero-order valence-corrected chi connectivity index (χ0v) is 8.59. The normalized spacial score (nSPS) is 11.5. The topological polar surface area (TPSA) is 80.9 Å². The monoisotopic (exact) mass is 258 g/mol. The summed E-state index contributed by atoms with van der Waals surface area (Å²) in [5.41, 5.74) is -0.0746. The van der Waals surface area contributed by atoms with Gasteiger partial charge in [0.15, 0.2) is 0 Å². The lowest BCUT2D eigenvalue weighted by molar-refractivity contribution is -0.144. The first kappa shape index (κ1) is 12.0. The van der Waals surface area contributed by atoms with Gasteiger partial charge in [0.05, 0.1) is 17.4 Å². The first-order chi connectivity index (χ1) is 8.38. The van der Waals surface area contributed by atoms with Crippen LogP contribution in [0.4, 0.5) is 13.2 Å². The fourth-order valence-corrected chi connectivity index (χ4v) is 1.19. The molecular formula is C9H5F3N4O2. The molecule has 0 unspecified atom stereocenters. The molecule has 2 aromatic rings. The predicted octanol–water partition coefficient (Wildman–Crippen LogP) is 1.38. The van der Waals surface area contributed by atoms with Crippen LogP contribution in [0.15, 0.2) is 24.8 Å². The van der Waals surface area contributed by atoms with Gasteiger partial charge in [0.1, 0.15) is 6.33 Å². The Kier molecular flexibility index (Phi) is 2.73. The second kappa shape index (κ2) is 4.09. The number of carboxylic acids is 1. The van der Waals surface area contributed by atoms with E-state index < -0.39 is 18.0 Å². The molecule has 6 nitrogen and oxygen atoms in total. The number of carbonyl (C=O) groups is 1. The summed E-state index contributed by atoms with van der Waals surface area (Å²) in [6, 6.07) is 1.14. The summed E-state index contributed by atoms with van der Waals surface area (Å²) in [7, 11) is 0. The molecule has 0 fully saturated rings. The standard InChI is InChI=1S/C9H5F3N4O2/c10-9(11,12)8-14-4-16(15-8)6-1-5(7(17)18)2-13-3-6/h1-4H,(H,17,18). The van der Waals surface area contributed by atoms with E-state index in [0.29, 0.717) is 0 Å². The van der Waals surface area contributed by atoms with Crippen LogP contribution in [0, 0.1) is 0 Å². The Morgan fingerprint density at radius 3 is 2.61 bits per heavy atom. The van der Waals surface area contributed by atoms with Gasteiger partial charge >= 0.3 is 12.1 Å². The lowest BCUT2D eigenvalue weighted by Crippen LogP contribution is -2.09. The highest BCUT2D eigenvalue weighted by Gasteiger charge is 2.35. The van der Waals surface area contributed by atoms with Crippen molar-refractivity contribution in [1.29, 1.82) is 0 Å². The van der Waals surface area contributed by atoms with Gasteiger partial charge < -0.3 is 5.11 Å². The number of rotatable bonds is 2. The summed E-state index contributed by atoms with van der Waals surface area (Å²) < 4.78 is 37.6. The second-order valence-corrected chi connectivity index (χ2v) is 3.25. The van der Waals surface area contributed by atoms with E-state index in [1.54, 1.807) is 0 Å². The maximum atomic E-state index is 12.3. The van der Waals surface area contributed by atoms with Gasteiger partial charge in [-0.1, -0.05) is 0 Å². The lowest BCUT2D eigenvalue weighted by Gasteiger charge is -2.01. The van der Waals surface area contributed by atoms with Crippen LogP contribution in [0.2, 0.25) is 0 Å². The summed E-state index contributed by atoms with van der Waals surface area (Å²) in [6.07, 6.45) is -1.55. The maximum absolute atomic E-state index is 12.3. The molecule has 0 spiro atoms. The number of hydrogen-bond donors (Lipinski definition) is 1. The molecule has 0 aliphatic rings. The molecule has 2 aromatic heterocycles. The average Bonchev–Trinajstić information content (AvgIpc) is 2.78. The van der Waals surface area contributed by atoms with Gasteiger partial charge in [-0.15, -0.1) is 5.10 Å². The zero-order valence-electron chi connectivity index (χ0n) is 8.59. The summed E-state index contributed by atoms with van der Waals surface area (Å²) in [4.78, 5) is 17.4. The molecular weight excluding hydrogens is 253 g/mol. The Bertz CT molecular complexity index is 593. The van der Waals surface area contributed by atoms with Crippen LogP contribution in [0.1, 0.15) is 16.2 Å². The Labute approximate surface area is 97.7 Å². The highest BCUT2D eigenvalue weighted by molar-refractivity contribution is 5.87. The smallest absolute Gasteiger partial charge is 0.453 e. The van der Waals surface area contributed by atoms with Crippen molar-refractivity contribution in [3.8, 4) is 5.69 Å². The summed E-state index contributed by atoms with van der Waals surface area (Å²) in [5, 5.41) is 11.9. The van der Waals surface area contributed by atoms with Crippen molar-refractivity contribution in [3.05, 3.63) is 36.2 Å². The molecule has 0 aliphatic carbocycles. The summed E-state index contributed by atoms with van der Waals surface area (Å²) in [5.74, 6) is -2.54. The van der Waals surface area contributed by atoms with E-state index in [9.17, 15) is 18.0 Å². The van der Waals surface area contributed by atoms with Crippen molar-refractivity contribution in [2.24, 2.45) is 0 Å². The largest absolute Gasteiger partial charge is 0.478 e. The third kappa shape index (κ3) is 2.29. The number of aromatic carboxylic acids is 1. The van der Waals surface area contributed by atoms with Gasteiger partial charge in [0, 0.05) is 6.20 Å². The SMILES string of the molecule is O=C(O)c1cncc(-n2cnc(C(F)(F)F)n2)c1. The molecule has 0 aromatic carbocycles. The fourth-order valence-electron chi connectivity index (χ4n) is 1.19. The van der Waals surface area contributed by atoms with Gasteiger partial charge in [0.2, 0.25) is 0 Å². The second-order valence-electron chi connectivity index (χ2n) is 3.25. The lowest BCUT2D eigenvalue weighted by atomic mass is 10.3. The van der Waals surface area contributed by atoms with Gasteiger partial charge in [-0.05, 0) is 6.07 Å². The quantitative estimate of drug-likeness (QED) is 0.880. The highest BCUT2D eigenvalue weighted by Crippen LogP contribution is 2.25. The molecule has 0 saturated carbocycles. The zero-order chi connectivity index (χ0) is 13.3. The number of hydrogen-bond acceptors (Lipinski definition) is 4. The van der Waals surface area contributed by atoms with E-state index in [2.05, 4.69) is 15.1 Å². The molecule has 2 rings (SSSR count). The predicted molar refractivity (Wildman–Crippen MR) is 51.1 cm³/mol. The van der Waals surface area contributed by atoms with Crippen molar-refractivity contribution in [1.82, 2.24) is 19.7 Å². The molecule has 9 heteroatoms. The first-order valence-corrected chi connectivity index (χ1v) is 4.55. The van der Waals surface area contributed by atoms with Crippen LogP contribution < -0.4 is 0 Å². The van der Waals surface area contributed by atoms with E-state index >= 15 is 0 Å². The molecule has 94 valence electrons. The Morgan fingerprint density at radius 2 is 2.06 bits per heavy atom. The minimum atomic E-state index is -4.65. The third-order valence-electron chi connectivity index (χ3n) is 1.98. The van der Waals surface area contributed by atoms with Crippen molar-refractivity contribution in [2.75, 3.05) is 0 Å². The van der Waals surface area contributed by atoms with Gasteiger partial charge in [0.25, 0.3) is 5.82 Å². The molecule has 0 aliphatic heterocycles. The fraction of sp³-hybridized carbons (Fsp3) is 0.111. The number of nitrogens with zero attached hydrogens (tertiary/aromatic N) is 4. The Balaban J connectivity index is 2.40. The van der Waals surface area contributed by atoms with Crippen LogP contribution in [0.25, 0.3) is 5.69 Å². The molecule has 0 saturated heterocycles. The minimum Gasteiger partial charge on any atom is -0.478 e. The first-order valence-electron chi connectivity index (χ1n) is 4.55. The Morgan fingerprint density at radius 1 is 1.33 bits per heavy atom. The van der Waals surface area contributed by atoms with Crippen molar-refractivity contribution >= 4 is 5.97 Å². The highest BCUT2D eigenvalue weighted by atomic mass is 19.4. The van der Waals surface area contributed by atoms with Crippen molar-refractivity contribution < 1.29 is 23.1 Å². The van der Waals surface area contributed by atoms with Gasteiger partial charge in [-0.2, -0.15) is 13.2 Å². The van der Waals surface area contributed by atoms with Crippen LogP contribution in [0.3, 0.4) is 0 Å². The number of aromatic nitrogens is 4. The van der Waals surface area contributed by atoms with E-state index in [0.717, 1.165) is 23.3 Å². The van der Waals surface area contributed by atoms with E-state index in [-0.39, 0.29) is 11.3 Å². The number of alkyl halides is 3. The summed E-state index contributed by atoms with van der Waals surface area (Å²) >= 11 is 0. The van der Waals surface area contributed by atoms with E-state index in [1.807, 2.05) is 0 Å². The van der Waals surface area contributed by atoms with Crippen molar-refractivity contribution in [3.63, 3.8) is 0 Å². The molecule has 0 radical (unpaired) electrons. The molecule has 0 amide bonds. The van der Waals surface area contributed by atoms with E-state index in [4.69, 9.17) is 5.11 Å². The third-order valence-corrected chi connectivity index (χ3v) is 1.98. The molecule has 1 N–H and O–H groups in total. The van der Waals surface area contributed by atoms with Gasteiger partial charge in [-0.3, -0.25) is 4.98 Å². The maximum Gasteiger partial charge on any atom is 0.453 e. The van der Waals surface area contributed by atoms with Crippen LogP contribution in [0.5, 0.6) is 0 Å². The molecule has 0 atom stereocenters. The number of pyridine rings is 1. The van der Waals surface area contributed by atoms with Crippen molar-refractivity contribution in [2.45, 2.75) is 6.18 Å². The summed E-state index contributed by atoms with van der Waals surface area (Å²) in [6.45, 7) is 0. The van der Waals surface area contributed by atoms with Crippen LogP contribution in [-0.2, 0) is 6.18 Å². The Hall–Kier alpha value is -2.45. The van der Waals surface area contributed by atoms with Gasteiger partial charge in [-0.25, -0.2) is 14.5 Å².